The van der Waals surface area contributed by atoms with Gasteiger partial charge < -0.3 is 5.32 Å². The number of amides is 1. The molecule has 0 saturated heterocycles. The Balaban J connectivity index is 1.81. The Bertz CT molecular complexity index is 975. The van der Waals surface area contributed by atoms with Crippen molar-refractivity contribution in [2.75, 3.05) is 5.75 Å². The number of carbonyl (C=O) groups excluding carboxylic acids is 1. The first-order valence-corrected chi connectivity index (χ1v) is 10.7. The number of aromatic nitrogens is 2. The third-order valence-electron chi connectivity index (χ3n) is 5.11. The summed E-state index contributed by atoms with van der Waals surface area (Å²) in [7, 11) is 0. The molecule has 0 spiro atoms. The molecule has 148 valence electrons. The van der Waals surface area contributed by atoms with E-state index in [1.807, 2.05) is 18.2 Å². The van der Waals surface area contributed by atoms with Gasteiger partial charge in [-0.2, -0.15) is 5.26 Å². The molecule has 6 nitrogen and oxygen atoms in total. The fourth-order valence-electron chi connectivity index (χ4n) is 3.18. The Kier molecular flexibility index (Phi) is 6.09. The van der Waals surface area contributed by atoms with E-state index in [0.29, 0.717) is 28.5 Å². The Morgan fingerprint density at radius 3 is 2.79 bits per heavy atom. The third kappa shape index (κ3) is 4.56. The lowest BCUT2D eigenvalue weighted by Gasteiger charge is -2.22. The Labute approximate surface area is 169 Å². The van der Waals surface area contributed by atoms with Crippen LogP contribution in [0, 0.1) is 23.2 Å². The number of hydrogen-bond acceptors (Lipinski definition) is 5. The molecule has 1 unspecified atom stereocenters. The van der Waals surface area contributed by atoms with Crippen LogP contribution in [0.4, 0.5) is 0 Å². The largest absolute Gasteiger partial charge is 0.337 e. The van der Waals surface area contributed by atoms with Gasteiger partial charge in [0.05, 0.1) is 22.7 Å². The molecule has 1 atom stereocenters. The van der Waals surface area contributed by atoms with Gasteiger partial charge >= 0.3 is 0 Å². The first-order valence-electron chi connectivity index (χ1n) is 9.68. The lowest BCUT2D eigenvalue weighted by molar-refractivity contribution is -0.119. The van der Waals surface area contributed by atoms with E-state index in [9.17, 15) is 14.9 Å². The summed E-state index contributed by atoms with van der Waals surface area (Å²) in [5, 5.41) is 13.4. The lowest BCUT2D eigenvalue weighted by Crippen LogP contribution is -2.47. The molecule has 28 heavy (non-hydrogen) atoms. The number of thioether (sulfide) groups is 1. The molecule has 7 heteroatoms. The number of fused-ring (bicyclic) bond motifs is 1. The minimum atomic E-state index is -0.814. The van der Waals surface area contributed by atoms with E-state index in [2.05, 4.69) is 30.2 Å². The topological polar surface area (TPSA) is 87.8 Å². The fourth-order valence-corrected chi connectivity index (χ4v) is 4.01. The summed E-state index contributed by atoms with van der Waals surface area (Å²) < 4.78 is 1.67. The Morgan fingerprint density at radius 2 is 2.14 bits per heavy atom. The second-order valence-corrected chi connectivity index (χ2v) is 8.92. The number of para-hydroxylation sites is 1. The van der Waals surface area contributed by atoms with Crippen LogP contribution < -0.4 is 10.9 Å². The summed E-state index contributed by atoms with van der Waals surface area (Å²) in [4.78, 5) is 30.0. The highest BCUT2D eigenvalue weighted by molar-refractivity contribution is 7.99. The molecule has 1 aromatic carbocycles. The quantitative estimate of drug-likeness (QED) is 0.544. The molecule has 1 amide bonds. The van der Waals surface area contributed by atoms with E-state index in [1.54, 1.807) is 17.6 Å². The predicted octanol–water partition coefficient (Wildman–Crippen LogP) is 3.34. The standard InChI is InChI=1S/C21H26N4O2S/c1-14(2)10-11-25-19(27)16-6-4-5-7-17(16)23-20(25)28-12-18(26)24-21(3,13-22)15-8-9-15/h4-7,14-15H,8-12H2,1-3H3,(H,24,26). The first kappa shape index (κ1) is 20.4. The van der Waals surface area contributed by atoms with Gasteiger partial charge in [0, 0.05) is 6.54 Å². The number of nitriles is 1. The zero-order valence-corrected chi connectivity index (χ0v) is 17.4. The van der Waals surface area contributed by atoms with Crippen molar-refractivity contribution in [2.24, 2.45) is 11.8 Å². The molecule has 0 aliphatic heterocycles. The summed E-state index contributed by atoms with van der Waals surface area (Å²) in [6, 6.07) is 9.51. The zero-order valence-electron chi connectivity index (χ0n) is 16.6. The summed E-state index contributed by atoms with van der Waals surface area (Å²) in [5.74, 6) is 0.596. The molecule has 1 saturated carbocycles. The molecule has 1 N–H and O–H groups in total. The summed E-state index contributed by atoms with van der Waals surface area (Å²) in [6.07, 6.45) is 2.80. The van der Waals surface area contributed by atoms with Crippen LogP contribution in [-0.4, -0.2) is 26.8 Å². The van der Waals surface area contributed by atoms with Gasteiger partial charge in [-0.3, -0.25) is 14.2 Å². The number of nitrogens with zero attached hydrogens (tertiary/aromatic N) is 3. The van der Waals surface area contributed by atoms with Crippen LogP contribution in [0.25, 0.3) is 10.9 Å². The van der Waals surface area contributed by atoms with Crippen molar-refractivity contribution in [1.29, 1.82) is 5.26 Å². The summed E-state index contributed by atoms with van der Waals surface area (Å²) in [5.41, 5.74) is -0.253. The van der Waals surface area contributed by atoms with Gasteiger partial charge in [0.15, 0.2) is 5.16 Å². The highest BCUT2D eigenvalue weighted by Crippen LogP contribution is 2.39. The molecule has 1 heterocycles. The second kappa shape index (κ2) is 8.36. The normalized spacial score (nSPS) is 16.0. The van der Waals surface area contributed by atoms with Gasteiger partial charge in [-0.05, 0) is 50.2 Å². The summed E-state index contributed by atoms with van der Waals surface area (Å²) in [6.45, 7) is 6.57. The number of benzene rings is 1. The maximum atomic E-state index is 12.9. The minimum Gasteiger partial charge on any atom is -0.337 e. The van der Waals surface area contributed by atoms with E-state index in [4.69, 9.17) is 0 Å². The van der Waals surface area contributed by atoms with Crippen LogP contribution in [0.3, 0.4) is 0 Å². The second-order valence-electron chi connectivity index (χ2n) is 7.98. The molecule has 1 aromatic heterocycles. The smallest absolute Gasteiger partial charge is 0.262 e. The minimum absolute atomic E-state index is 0.0750. The van der Waals surface area contributed by atoms with Crippen LogP contribution in [0.15, 0.2) is 34.2 Å². The highest BCUT2D eigenvalue weighted by atomic mass is 32.2. The van der Waals surface area contributed by atoms with E-state index in [0.717, 1.165) is 19.3 Å². The Morgan fingerprint density at radius 1 is 1.43 bits per heavy atom. The number of carbonyl (C=O) groups is 1. The van der Waals surface area contributed by atoms with Gasteiger partial charge in [0.1, 0.15) is 5.54 Å². The van der Waals surface area contributed by atoms with Gasteiger partial charge in [0.25, 0.3) is 5.56 Å². The van der Waals surface area contributed by atoms with Gasteiger partial charge in [-0.25, -0.2) is 4.98 Å². The van der Waals surface area contributed by atoms with Crippen molar-refractivity contribution < 1.29 is 4.79 Å². The highest BCUT2D eigenvalue weighted by Gasteiger charge is 2.42. The molecule has 1 fully saturated rings. The molecule has 2 aromatic rings. The zero-order chi connectivity index (χ0) is 20.3. The average Bonchev–Trinajstić information content (AvgIpc) is 3.51. The predicted molar refractivity (Wildman–Crippen MR) is 111 cm³/mol. The lowest BCUT2D eigenvalue weighted by atomic mass is 9.98. The van der Waals surface area contributed by atoms with Crippen molar-refractivity contribution >= 4 is 28.6 Å². The number of hydrogen-bond donors (Lipinski definition) is 1. The van der Waals surface area contributed by atoms with Crippen LogP contribution in [-0.2, 0) is 11.3 Å². The number of rotatable bonds is 8. The van der Waals surface area contributed by atoms with Gasteiger partial charge in [0.2, 0.25) is 5.91 Å². The molecule has 0 radical (unpaired) electrons. The fraction of sp³-hybridized carbons (Fsp3) is 0.524. The van der Waals surface area contributed by atoms with Crippen molar-refractivity contribution in [3.63, 3.8) is 0 Å². The maximum absolute atomic E-state index is 12.9. The van der Waals surface area contributed by atoms with Crippen molar-refractivity contribution in [2.45, 2.75) is 57.3 Å². The van der Waals surface area contributed by atoms with Crippen LogP contribution in [0.2, 0.25) is 0 Å². The molecule has 3 rings (SSSR count). The van der Waals surface area contributed by atoms with Crippen LogP contribution in [0.5, 0.6) is 0 Å². The molecular weight excluding hydrogens is 372 g/mol. The van der Waals surface area contributed by atoms with Crippen molar-refractivity contribution in [1.82, 2.24) is 14.9 Å². The SMILES string of the molecule is CC(C)CCn1c(SCC(=O)NC(C)(C#N)C2CC2)nc2ccccc2c1=O. The Hall–Kier alpha value is -2.33. The summed E-state index contributed by atoms with van der Waals surface area (Å²) >= 11 is 1.25. The van der Waals surface area contributed by atoms with E-state index in [1.165, 1.54) is 11.8 Å². The molecule has 0 bridgehead atoms. The van der Waals surface area contributed by atoms with E-state index < -0.39 is 5.54 Å². The molecular formula is C21H26N4O2S. The van der Waals surface area contributed by atoms with E-state index >= 15 is 0 Å². The molecule has 1 aliphatic rings. The van der Waals surface area contributed by atoms with Crippen LogP contribution >= 0.6 is 11.8 Å². The van der Waals surface area contributed by atoms with Gasteiger partial charge in [-0.1, -0.05) is 37.7 Å². The van der Waals surface area contributed by atoms with E-state index in [-0.39, 0.29) is 23.1 Å². The number of nitrogens with one attached hydrogen (secondary N) is 1. The maximum Gasteiger partial charge on any atom is 0.262 e. The van der Waals surface area contributed by atoms with Gasteiger partial charge in [-0.15, -0.1) is 0 Å². The first-order chi connectivity index (χ1) is 13.3. The third-order valence-corrected chi connectivity index (χ3v) is 6.09. The van der Waals surface area contributed by atoms with Crippen LogP contribution in [0.1, 0.15) is 40.0 Å². The molecule has 1 aliphatic carbocycles. The van der Waals surface area contributed by atoms with Crippen molar-refractivity contribution in [3.05, 3.63) is 34.6 Å². The van der Waals surface area contributed by atoms with Crippen molar-refractivity contribution in [3.8, 4) is 6.07 Å². The average molecular weight is 399 g/mol. The monoisotopic (exact) mass is 398 g/mol.